The van der Waals surface area contributed by atoms with E-state index in [0.29, 0.717) is 0 Å². The number of hydrogen-bond donors (Lipinski definition) is 0. The molecular weight excluding hydrogens is 299 g/mol. The molecule has 1 aliphatic carbocycles. The van der Waals surface area contributed by atoms with Crippen LogP contribution in [0.4, 0.5) is 13.2 Å². The van der Waals surface area contributed by atoms with Gasteiger partial charge in [-0.2, -0.15) is 13.2 Å². The first-order valence-corrected chi connectivity index (χ1v) is 6.96. The minimum Gasteiger partial charge on any atom is -0.456 e. The summed E-state index contributed by atoms with van der Waals surface area (Å²) in [7, 11) is 3.11. The molecule has 22 heavy (non-hydrogen) atoms. The van der Waals surface area contributed by atoms with Gasteiger partial charge in [-0.05, 0) is 40.5 Å². The summed E-state index contributed by atoms with van der Waals surface area (Å²) < 4.78 is 44.6. The minimum atomic E-state index is -4.66. The fourth-order valence-electron chi connectivity index (χ4n) is 1.96. The minimum absolute atomic E-state index is 0.162. The van der Waals surface area contributed by atoms with Gasteiger partial charge in [-0.25, -0.2) is 4.79 Å². The number of rotatable bonds is 4. The van der Waals surface area contributed by atoms with Gasteiger partial charge in [0.25, 0.3) is 0 Å². The lowest BCUT2D eigenvalue weighted by Gasteiger charge is -2.25. The summed E-state index contributed by atoms with van der Waals surface area (Å²) in [5.74, 6) is -2.21. The first-order chi connectivity index (χ1) is 9.73. The number of alkyl halides is 3. The van der Waals surface area contributed by atoms with E-state index < -0.39 is 34.5 Å². The van der Waals surface area contributed by atoms with Crippen LogP contribution in [0, 0.1) is 5.41 Å². The lowest BCUT2D eigenvalue weighted by Crippen LogP contribution is -2.38. The van der Waals surface area contributed by atoms with E-state index in [0.717, 1.165) is 0 Å². The van der Waals surface area contributed by atoms with Crippen molar-refractivity contribution < 1.29 is 27.5 Å². The van der Waals surface area contributed by atoms with Gasteiger partial charge in [-0.1, -0.05) is 0 Å². The second kappa shape index (κ2) is 5.59. The average molecular weight is 321 g/mol. The monoisotopic (exact) mass is 321 g/mol. The van der Waals surface area contributed by atoms with Crippen molar-refractivity contribution in [3.05, 3.63) is 11.3 Å². The van der Waals surface area contributed by atoms with Gasteiger partial charge in [0.1, 0.15) is 16.6 Å². The largest absolute Gasteiger partial charge is 0.456 e. The SMILES string of the molecule is C/C(=C(/C(=O)OC(C)(C)C)C(=O)C1(C(F)(F)F)CC1)N(C)C. The summed E-state index contributed by atoms with van der Waals surface area (Å²) >= 11 is 0. The maximum absolute atomic E-state index is 13.2. The molecule has 0 bridgehead atoms. The molecule has 0 amide bonds. The van der Waals surface area contributed by atoms with Crippen molar-refractivity contribution in [1.29, 1.82) is 0 Å². The third-order valence-electron chi connectivity index (χ3n) is 3.59. The number of carbonyl (C=O) groups excluding carboxylic acids is 2. The summed E-state index contributed by atoms with van der Waals surface area (Å²) in [6.07, 6.45) is -5.24. The summed E-state index contributed by atoms with van der Waals surface area (Å²) in [5, 5.41) is 0. The predicted molar refractivity (Wildman–Crippen MR) is 75.0 cm³/mol. The third-order valence-corrected chi connectivity index (χ3v) is 3.59. The highest BCUT2D eigenvalue weighted by Gasteiger charge is 2.69. The molecule has 1 saturated carbocycles. The van der Waals surface area contributed by atoms with E-state index in [2.05, 4.69) is 0 Å². The zero-order valence-corrected chi connectivity index (χ0v) is 13.7. The summed E-state index contributed by atoms with van der Waals surface area (Å²) in [6, 6.07) is 0. The van der Waals surface area contributed by atoms with Gasteiger partial charge in [0.2, 0.25) is 0 Å². The lowest BCUT2D eigenvalue weighted by molar-refractivity contribution is -0.189. The van der Waals surface area contributed by atoms with E-state index in [1.54, 1.807) is 34.9 Å². The van der Waals surface area contributed by atoms with Crippen LogP contribution in [0.15, 0.2) is 11.3 Å². The highest BCUT2D eigenvalue weighted by molar-refractivity contribution is 6.21. The van der Waals surface area contributed by atoms with Crippen LogP contribution in [0.1, 0.15) is 40.5 Å². The van der Waals surface area contributed by atoms with Crippen LogP contribution < -0.4 is 0 Å². The van der Waals surface area contributed by atoms with Crippen LogP contribution in [0.5, 0.6) is 0 Å². The Bertz CT molecular complexity index is 509. The van der Waals surface area contributed by atoms with E-state index in [4.69, 9.17) is 4.74 Å². The van der Waals surface area contributed by atoms with Crippen LogP contribution >= 0.6 is 0 Å². The molecule has 0 aromatic heterocycles. The molecule has 0 aliphatic heterocycles. The number of nitrogens with zero attached hydrogens (tertiary/aromatic N) is 1. The number of ketones is 1. The van der Waals surface area contributed by atoms with Crippen molar-refractivity contribution in [2.75, 3.05) is 14.1 Å². The van der Waals surface area contributed by atoms with E-state index >= 15 is 0 Å². The Kier molecular flexibility index (Phi) is 4.71. The Morgan fingerprint density at radius 3 is 1.82 bits per heavy atom. The lowest BCUT2D eigenvalue weighted by atomic mass is 9.92. The van der Waals surface area contributed by atoms with Gasteiger partial charge in [-0.15, -0.1) is 0 Å². The van der Waals surface area contributed by atoms with Crippen LogP contribution in [0.3, 0.4) is 0 Å². The molecule has 0 heterocycles. The van der Waals surface area contributed by atoms with Gasteiger partial charge >= 0.3 is 12.1 Å². The Labute approximate surface area is 128 Å². The number of allylic oxidation sites excluding steroid dienone is 1. The Balaban J connectivity index is 3.28. The standard InChI is InChI=1S/C15H22F3NO3/c1-9(19(5)6)10(12(21)22-13(2,3)4)11(20)14(7-8-14)15(16,17)18/h7-8H2,1-6H3/b10-9-. The van der Waals surface area contributed by atoms with E-state index in [9.17, 15) is 22.8 Å². The van der Waals surface area contributed by atoms with Gasteiger partial charge in [0.15, 0.2) is 5.78 Å². The first-order valence-electron chi connectivity index (χ1n) is 6.96. The number of Topliss-reactive ketones (excluding diaryl/α,β-unsaturated/α-hetero) is 1. The molecule has 0 saturated heterocycles. The number of esters is 1. The number of halogens is 3. The number of carbonyl (C=O) groups is 2. The summed E-state index contributed by atoms with van der Waals surface area (Å²) in [6.45, 7) is 6.21. The van der Waals surface area contributed by atoms with Gasteiger partial charge in [0.05, 0.1) is 0 Å². The fourth-order valence-corrected chi connectivity index (χ4v) is 1.96. The van der Waals surface area contributed by atoms with Crippen LogP contribution in [0.2, 0.25) is 0 Å². The molecule has 0 unspecified atom stereocenters. The molecular formula is C15H22F3NO3. The maximum atomic E-state index is 13.2. The number of ether oxygens (including phenoxy) is 1. The smallest absolute Gasteiger partial charge is 0.401 e. The molecule has 0 aromatic carbocycles. The molecule has 0 atom stereocenters. The second-order valence-corrected chi connectivity index (χ2v) is 6.77. The van der Waals surface area contributed by atoms with Gasteiger partial charge in [-0.3, -0.25) is 4.79 Å². The molecule has 7 heteroatoms. The van der Waals surface area contributed by atoms with Crippen molar-refractivity contribution >= 4 is 11.8 Å². The fraction of sp³-hybridized carbons (Fsp3) is 0.733. The first kappa shape index (κ1) is 18.5. The normalized spacial score (nSPS) is 18.4. The molecule has 0 radical (unpaired) electrons. The van der Waals surface area contributed by atoms with Crippen molar-refractivity contribution in [3.8, 4) is 0 Å². The zero-order chi connectivity index (χ0) is 17.5. The Morgan fingerprint density at radius 1 is 1.09 bits per heavy atom. The molecule has 0 aromatic rings. The van der Waals surface area contributed by atoms with Crippen molar-refractivity contribution in [3.63, 3.8) is 0 Å². The van der Waals surface area contributed by atoms with Crippen molar-refractivity contribution in [2.24, 2.45) is 5.41 Å². The van der Waals surface area contributed by atoms with Crippen molar-refractivity contribution in [2.45, 2.75) is 52.3 Å². The molecule has 0 N–H and O–H groups in total. The maximum Gasteiger partial charge on any atom is 0.401 e. The van der Waals surface area contributed by atoms with Crippen LogP contribution in [0.25, 0.3) is 0 Å². The van der Waals surface area contributed by atoms with Crippen LogP contribution in [-0.2, 0) is 14.3 Å². The summed E-state index contributed by atoms with van der Waals surface area (Å²) in [5.41, 5.74) is -3.69. The van der Waals surface area contributed by atoms with Crippen LogP contribution in [-0.4, -0.2) is 42.5 Å². The average Bonchev–Trinajstić information content (AvgIpc) is 3.05. The summed E-state index contributed by atoms with van der Waals surface area (Å²) in [4.78, 5) is 26.1. The van der Waals surface area contributed by atoms with Gasteiger partial charge in [0, 0.05) is 19.8 Å². The molecule has 0 spiro atoms. The zero-order valence-electron chi connectivity index (χ0n) is 13.7. The predicted octanol–water partition coefficient (Wildman–Crippen LogP) is 3.08. The molecule has 126 valence electrons. The highest BCUT2D eigenvalue weighted by Crippen LogP contribution is 2.59. The van der Waals surface area contributed by atoms with E-state index in [-0.39, 0.29) is 18.5 Å². The quantitative estimate of drug-likeness (QED) is 0.345. The molecule has 1 aliphatic rings. The Morgan fingerprint density at radius 2 is 1.55 bits per heavy atom. The Hall–Kier alpha value is -1.53. The third kappa shape index (κ3) is 3.62. The second-order valence-electron chi connectivity index (χ2n) is 6.77. The van der Waals surface area contributed by atoms with E-state index in [1.165, 1.54) is 11.8 Å². The highest BCUT2D eigenvalue weighted by atomic mass is 19.4. The topological polar surface area (TPSA) is 46.6 Å². The number of hydrogen-bond acceptors (Lipinski definition) is 4. The van der Waals surface area contributed by atoms with E-state index in [1.807, 2.05) is 0 Å². The molecule has 4 nitrogen and oxygen atoms in total. The van der Waals surface area contributed by atoms with Gasteiger partial charge < -0.3 is 9.64 Å². The molecule has 1 fully saturated rings. The van der Waals surface area contributed by atoms with Crippen molar-refractivity contribution in [1.82, 2.24) is 4.90 Å². The molecule has 1 rings (SSSR count).